The quantitative estimate of drug-likeness (QED) is 0.0222. The Hall–Kier alpha value is -1.94. The Morgan fingerprint density at radius 1 is 0.287 bits per heavy atom. The van der Waals surface area contributed by atoms with E-state index in [1.54, 1.807) is 0 Å². The van der Waals surface area contributed by atoms with Gasteiger partial charge in [-0.05, 0) is 37.5 Å². The summed E-state index contributed by atoms with van der Waals surface area (Å²) < 4.78 is 68.7. The van der Waals surface area contributed by atoms with Crippen molar-refractivity contribution in [1.82, 2.24) is 0 Å². The molecule has 6 atom stereocenters. The Labute approximate surface area is 619 Å². The molecule has 101 heavy (non-hydrogen) atoms. The van der Waals surface area contributed by atoms with E-state index in [1.807, 2.05) is 0 Å². The number of esters is 4. The number of aliphatic hydroxyl groups is 1. The van der Waals surface area contributed by atoms with Crippen molar-refractivity contribution in [3.05, 3.63) is 0 Å². The molecule has 17 nitrogen and oxygen atoms in total. The van der Waals surface area contributed by atoms with Gasteiger partial charge in [0.05, 0.1) is 26.4 Å². The van der Waals surface area contributed by atoms with E-state index < -0.39 is 97.5 Å². The molecule has 0 saturated heterocycles. The van der Waals surface area contributed by atoms with Crippen LogP contribution in [0.5, 0.6) is 0 Å². The lowest BCUT2D eigenvalue weighted by atomic mass is 9.99. The van der Waals surface area contributed by atoms with E-state index in [0.717, 1.165) is 102 Å². The van der Waals surface area contributed by atoms with Gasteiger partial charge in [-0.3, -0.25) is 37.3 Å². The topological polar surface area (TPSA) is 237 Å². The minimum atomic E-state index is -4.96. The zero-order valence-electron chi connectivity index (χ0n) is 66.2. The molecule has 0 amide bonds. The fourth-order valence-electron chi connectivity index (χ4n) is 12.7. The van der Waals surface area contributed by atoms with Gasteiger partial charge >= 0.3 is 39.5 Å². The number of ether oxygens (including phenoxy) is 4. The molecule has 0 aromatic carbocycles. The Bertz CT molecular complexity index is 1940. The number of hydrogen-bond donors (Lipinski definition) is 3. The molecule has 0 aliphatic carbocycles. The zero-order valence-corrected chi connectivity index (χ0v) is 68.0. The average Bonchev–Trinajstić information content (AvgIpc) is 1.07. The van der Waals surface area contributed by atoms with E-state index in [-0.39, 0.29) is 25.7 Å². The van der Waals surface area contributed by atoms with Crippen LogP contribution in [-0.2, 0) is 65.4 Å². The molecule has 0 heterocycles. The second-order valence-corrected chi connectivity index (χ2v) is 33.1. The summed E-state index contributed by atoms with van der Waals surface area (Å²) in [4.78, 5) is 73.0. The number of phosphoric ester groups is 2. The van der Waals surface area contributed by atoms with Crippen molar-refractivity contribution in [1.29, 1.82) is 0 Å². The minimum absolute atomic E-state index is 0.106. The Balaban J connectivity index is 5.21. The first kappa shape index (κ1) is 99.1. The van der Waals surface area contributed by atoms with Crippen molar-refractivity contribution >= 4 is 39.5 Å². The van der Waals surface area contributed by atoms with Crippen LogP contribution in [0, 0.1) is 11.8 Å². The summed E-state index contributed by atoms with van der Waals surface area (Å²) in [6, 6.07) is 0. The number of carbonyl (C=O) groups is 4. The van der Waals surface area contributed by atoms with Gasteiger partial charge in [-0.15, -0.1) is 0 Å². The van der Waals surface area contributed by atoms with Crippen LogP contribution in [0.2, 0.25) is 0 Å². The molecule has 0 aromatic rings. The maximum atomic E-state index is 13.1. The standard InChI is InChI=1S/C82H160O17P2/c1-7-10-12-14-16-18-20-21-22-23-24-25-26-27-28-33-36-42-48-54-60-66-81(86)98-77(71-93-80(85)65-59-53-47-41-35-32-30-29-31-34-39-45-51-57-63-75(6)9-3)72-96-100(88,89)94-68-76(83)69-95-101(90,91)97-73-78(70-92-79(84)64-58-52-46-40-19-17-15-13-11-8-2)99-82(87)67-61-55-49-43-37-38-44-50-56-62-74(4)5/h74-78,83H,7-73H2,1-6H3,(H,88,89)(H,90,91)/t75?,76-,77-,78-/m1/s1. The van der Waals surface area contributed by atoms with E-state index in [2.05, 4.69) is 41.5 Å². The van der Waals surface area contributed by atoms with Gasteiger partial charge in [0.2, 0.25) is 0 Å². The van der Waals surface area contributed by atoms with E-state index in [1.165, 1.54) is 250 Å². The monoisotopic (exact) mass is 1480 g/mol. The molecule has 3 N–H and O–H groups in total. The van der Waals surface area contributed by atoms with Crippen molar-refractivity contribution in [2.24, 2.45) is 11.8 Å². The van der Waals surface area contributed by atoms with Crippen molar-refractivity contribution < 1.29 is 80.2 Å². The molecule has 600 valence electrons. The van der Waals surface area contributed by atoms with Crippen LogP contribution in [0.1, 0.15) is 433 Å². The van der Waals surface area contributed by atoms with E-state index in [0.29, 0.717) is 25.7 Å². The zero-order chi connectivity index (χ0) is 74.2. The number of hydrogen-bond acceptors (Lipinski definition) is 15. The molecule has 19 heteroatoms. The van der Waals surface area contributed by atoms with Gasteiger partial charge in [-0.1, -0.05) is 382 Å². The molecule has 0 aromatic heterocycles. The van der Waals surface area contributed by atoms with Gasteiger partial charge < -0.3 is 33.8 Å². The Kier molecular flexibility index (Phi) is 72.2. The molecule has 0 rings (SSSR count). The van der Waals surface area contributed by atoms with Gasteiger partial charge in [-0.25, -0.2) is 9.13 Å². The first-order valence-corrected chi connectivity index (χ1v) is 45.5. The molecule has 0 fully saturated rings. The highest BCUT2D eigenvalue weighted by molar-refractivity contribution is 7.47. The second-order valence-electron chi connectivity index (χ2n) is 30.2. The SMILES string of the molecule is CCCCCCCCCCCCCCCCCCCCCCCC(=O)O[C@H](COC(=O)CCCCCCCCCCCCCCCCC(C)CC)COP(=O)(O)OC[C@@H](O)COP(=O)(O)OC[C@@H](COC(=O)CCCCCCCCCCCC)OC(=O)CCCCCCCCCCCC(C)C. The number of aliphatic hydroxyl groups excluding tert-OH is 1. The average molecular weight is 1480 g/mol. The lowest BCUT2D eigenvalue weighted by Gasteiger charge is -2.21. The van der Waals surface area contributed by atoms with Crippen LogP contribution in [0.4, 0.5) is 0 Å². The summed E-state index contributed by atoms with van der Waals surface area (Å²) in [7, 11) is -9.92. The van der Waals surface area contributed by atoms with Crippen molar-refractivity contribution in [2.45, 2.75) is 452 Å². The predicted octanol–water partition coefficient (Wildman–Crippen LogP) is 24.7. The number of carbonyl (C=O) groups excluding carboxylic acids is 4. The van der Waals surface area contributed by atoms with Crippen LogP contribution in [0.25, 0.3) is 0 Å². The molecular weight excluding hydrogens is 1320 g/mol. The molecule has 0 radical (unpaired) electrons. The normalized spacial score (nSPS) is 14.2. The Morgan fingerprint density at radius 2 is 0.505 bits per heavy atom. The summed E-state index contributed by atoms with van der Waals surface area (Å²) in [5, 5.41) is 10.6. The molecule has 0 spiro atoms. The minimum Gasteiger partial charge on any atom is -0.462 e. The fourth-order valence-corrected chi connectivity index (χ4v) is 14.3. The summed E-state index contributed by atoms with van der Waals surface area (Å²) >= 11 is 0. The molecule has 3 unspecified atom stereocenters. The van der Waals surface area contributed by atoms with Gasteiger partial charge in [0.15, 0.2) is 12.2 Å². The van der Waals surface area contributed by atoms with Gasteiger partial charge in [-0.2, -0.15) is 0 Å². The fraction of sp³-hybridized carbons (Fsp3) is 0.951. The van der Waals surface area contributed by atoms with E-state index >= 15 is 0 Å². The van der Waals surface area contributed by atoms with Crippen LogP contribution in [0.3, 0.4) is 0 Å². The van der Waals surface area contributed by atoms with Crippen LogP contribution >= 0.6 is 15.6 Å². The third kappa shape index (κ3) is 74.7. The summed E-state index contributed by atoms with van der Waals surface area (Å²) in [6.07, 6.45) is 63.9. The van der Waals surface area contributed by atoms with Gasteiger partial charge in [0, 0.05) is 25.7 Å². The smallest absolute Gasteiger partial charge is 0.462 e. The number of unbranched alkanes of at least 4 members (excludes halogenated alkanes) is 50. The van der Waals surface area contributed by atoms with Crippen LogP contribution in [-0.4, -0.2) is 96.7 Å². The molecule has 0 aliphatic heterocycles. The third-order valence-corrected chi connectivity index (χ3v) is 21.5. The van der Waals surface area contributed by atoms with Gasteiger partial charge in [0.1, 0.15) is 19.3 Å². The summed E-state index contributed by atoms with van der Waals surface area (Å²) in [6.45, 7) is 9.66. The first-order chi connectivity index (χ1) is 48.9. The molecular formula is C82H160O17P2. The summed E-state index contributed by atoms with van der Waals surface area (Å²) in [5.74, 6) is -0.523. The number of rotatable bonds is 81. The Morgan fingerprint density at radius 3 is 0.752 bits per heavy atom. The predicted molar refractivity (Wildman–Crippen MR) is 414 cm³/mol. The first-order valence-electron chi connectivity index (χ1n) is 42.5. The van der Waals surface area contributed by atoms with Crippen molar-refractivity contribution in [3.8, 4) is 0 Å². The van der Waals surface area contributed by atoms with Gasteiger partial charge in [0.25, 0.3) is 0 Å². The number of phosphoric acid groups is 2. The maximum Gasteiger partial charge on any atom is 0.472 e. The molecule has 0 bridgehead atoms. The summed E-state index contributed by atoms with van der Waals surface area (Å²) in [5.41, 5.74) is 0. The highest BCUT2D eigenvalue weighted by Gasteiger charge is 2.30. The third-order valence-electron chi connectivity index (χ3n) is 19.6. The maximum absolute atomic E-state index is 13.1. The van der Waals surface area contributed by atoms with Crippen LogP contribution < -0.4 is 0 Å². The van der Waals surface area contributed by atoms with E-state index in [4.69, 9.17) is 37.0 Å². The lowest BCUT2D eigenvalue weighted by Crippen LogP contribution is -2.30. The van der Waals surface area contributed by atoms with Crippen molar-refractivity contribution in [2.75, 3.05) is 39.6 Å². The van der Waals surface area contributed by atoms with Crippen molar-refractivity contribution in [3.63, 3.8) is 0 Å². The molecule has 0 aliphatic rings. The molecule has 0 saturated carbocycles. The highest BCUT2D eigenvalue weighted by atomic mass is 31.2. The second kappa shape index (κ2) is 73.6. The van der Waals surface area contributed by atoms with Crippen LogP contribution in [0.15, 0.2) is 0 Å². The largest absolute Gasteiger partial charge is 0.472 e. The lowest BCUT2D eigenvalue weighted by molar-refractivity contribution is -0.161. The highest BCUT2D eigenvalue weighted by Crippen LogP contribution is 2.45. The van der Waals surface area contributed by atoms with E-state index in [9.17, 15) is 43.2 Å².